The third kappa shape index (κ3) is 4.51. The molecule has 11 heteroatoms. The summed E-state index contributed by atoms with van der Waals surface area (Å²) in [5.41, 5.74) is 1.22. The molecule has 4 rings (SSSR count). The van der Waals surface area contributed by atoms with Crippen LogP contribution in [-0.4, -0.2) is 51.2 Å². The molecule has 0 atom stereocenters. The minimum absolute atomic E-state index is 0.117. The predicted molar refractivity (Wildman–Crippen MR) is 108 cm³/mol. The Bertz CT molecular complexity index is 1070. The zero-order chi connectivity index (χ0) is 20.9. The lowest BCUT2D eigenvalue weighted by Gasteiger charge is -2.06. The van der Waals surface area contributed by atoms with Crippen molar-refractivity contribution < 1.29 is 19.1 Å². The quantitative estimate of drug-likeness (QED) is 0.540. The van der Waals surface area contributed by atoms with Gasteiger partial charge in [-0.25, -0.2) is 4.98 Å². The molecule has 1 aliphatic rings. The molecule has 0 aliphatic carbocycles. The van der Waals surface area contributed by atoms with E-state index >= 15 is 0 Å². The largest absolute Gasteiger partial charge is 0.454 e. The van der Waals surface area contributed by atoms with E-state index in [0.717, 1.165) is 5.56 Å². The Kier molecular flexibility index (Phi) is 5.80. The van der Waals surface area contributed by atoms with Crippen molar-refractivity contribution >= 4 is 23.6 Å². The second kappa shape index (κ2) is 8.82. The Morgan fingerprint density at radius 2 is 2.03 bits per heavy atom. The van der Waals surface area contributed by atoms with E-state index in [0.29, 0.717) is 28.9 Å². The summed E-state index contributed by atoms with van der Waals surface area (Å²) in [5.74, 6) is 1.74. The summed E-state index contributed by atoms with van der Waals surface area (Å²) in [5, 5.41) is 14.2. The van der Waals surface area contributed by atoms with Crippen molar-refractivity contribution in [3.8, 4) is 17.3 Å². The van der Waals surface area contributed by atoms with Crippen LogP contribution in [0, 0.1) is 0 Å². The molecule has 3 aromatic rings. The van der Waals surface area contributed by atoms with E-state index in [2.05, 4.69) is 25.8 Å². The Labute approximate surface area is 176 Å². The molecule has 0 fully saturated rings. The summed E-state index contributed by atoms with van der Waals surface area (Å²) in [4.78, 5) is 27.7. The molecule has 2 aromatic heterocycles. The highest BCUT2D eigenvalue weighted by Crippen LogP contribution is 2.32. The van der Waals surface area contributed by atoms with E-state index < -0.39 is 0 Å². The maximum absolute atomic E-state index is 12.1. The second-order valence-corrected chi connectivity index (χ2v) is 7.22. The normalized spacial score (nSPS) is 11.9. The number of fused-ring (bicyclic) bond motifs is 1. The van der Waals surface area contributed by atoms with Gasteiger partial charge in [0.05, 0.1) is 5.75 Å². The van der Waals surface area contributed by atoms with Gasteiger partial charge in [-0.2, -0.15) is 0 Å². The number of aromatic nitrogens is 4. The van der Waals surface area contributed by atoms with Gasteiger partial charge in [0.25, 0.3) is 5.91 Å². The highest BCUT2D eigenvalue weighted by atomic mass is 32.2. The number of rotatable bonds is 7. The summed E-state index contributed by atoms with van der Waals surface area (Å²) in [6.07, 6.45) is 3.06. The van der Waals surface area contributed by atoms with Crippen LogP contribution in [-0.2, 0) is 11.3 Å². The fraction of sp³-hybridized carbons (Fsp3) is 0.211. The Morgan fingerprint density at radius 1 is 1.17 bits per heavy atom. The topological polar surface area (TPSA) is 120 Å². The second-order valence-electron chi connectivity index (χ2n) is 6.23. The van der Waals surface area contributed by atoms with E-state index in [1.54, 1.807) is 29.9 Å². The van der Waals surface area contributed by atoms with E-state index in [9.17, 15) is 9.59 Å². The third-order valence-corrected chi connectivity index (χ3v) is 5.13. The molecule has 30 heavy (non-hydrogen) atoms. The maximum Gasteiger partial charge on any atom is 0.271 e. The molecule has 3 heterocycles. The Morgan fingerprint density at radius 3 is 2.83 bits per heavy atom. The van der Waals surface area contributed by atoms with Gasteiger partial charge in [0, 0.05) is 19.8 Å². The summed E-state index contributed by atoms with van der Waals surface area (Å²) < 4.78 is 12.2. The van der Waals surface area contributed by atoms with Crippen LogP contribution in [0.15, 0.2) is 47.9 Å². The van der Waals surface area contributed by atoms with Gasteiger partial charge in [-0.3, -0.25) is 14.2 Å². The van der Waals surface area contributed by atoms with Gasteiger partial charge in [-0.15, -0.1) is 10.2 Å². The first kappa shape index (κ1) is 19.7. The van der Waals surface area contributed by atoms with E-state index in [1.165, 1.54) is 18.1 Å². The molecule has 2 N–H and O–H groups in total. The van der Waals surface area contributed by atoms with Crippen LogP contribution < -0.4 is 20.1 Å². The molecule has 2 amide bonds. The number of imidazole rings is 1. The van der Waals surface area contributed by atoms with Crippen LogP contribution in [0.3, 0.4) is 0 Å². The number of benzene rings is 1. The van der Waals surface area contributed by atoms with Crippen molar-refractivity contribution in [1.82, 2.24) is 30.4 Å². The average molecular weight is 426 g/mol. The molecule has 0 bridgehead atoms. The zero-order valence-corrected chi connectivity index (χ0v) is 16.8. The molecule has 0 radical (unpaired) electrons. The monoisotopic (exact) mass is 426 g/mol. The molecule has 0 saturated carbocycles. The first-order valence-electron chi connectivity index (χ1n) is 9.00. The van der Waals surface area contributed by atoms with Crippen LogP contribution in [0.2, 0.25) is 0 Å². The molecule has 0 unspecified atom stereocenters. The van der Waals surface area contributed by atoms with Crippen LogP contribution in [0.1, 0.15) is 16.1 Å². The van der Waals surface area contributed by atoms with Gasteiger partial charge in [0.2, 0.25) is 12.7 Å². The zero-order valence-electron chi connectivity index (χ0n) is 16.0. The number of amides is 2. The van der Waals surface area contributed by atoms with E-state index in [-0.39, 0.29) is 30.1 Å². The Balaban J connectivity index is 1.27. The van der Waals surface area contributed by atoms with Crippen LogP contribution >= 0.6 is 11.8 Å². The molecular formula is C19H18N6O4S. The molecule has 1 aliphatic heterocycles. The number of hydrogen-bond donors (Lipinski definition) is 2. The lowest BCUT2D eigenvalue weighted by atomic mass is 10.2. The van der Waals surface area contributed by atoms with Crippen LogP contribution in [0.4, 0.5) is 0 Å². The van der Waals surface area contributed by atoms with Crippen molar-refractivity contribution in [1.29, 1.82) is 0 Å². The molecule has 0 spiro atoms. The molecule has 154 valence electrons. The molecule has 1 aromatic carbocycles. The van der Waals surface area contributed by atoms with Crippen molar-refractivity contribution in [2.75, 3.05) is 19.6 Å². The van der Waals surface area contributed by atoms with Gasteiger partial charge in [0.1, 0.15) is 17.0 Å². The highest BCUT2D eigenvalue weighted by molar-refractivity contribution is 7.99. The molecule has 10 nitrogen and oxygen atoms in total. The smallest absolute Gasteiger partial charge is 0.271 e. The van der Waals surface area contributed by atoms with E-state index in [4.69, 9.17) is 9.47 Å². The van der Waals surface area contributed by atoms with Crippen molar-refractivity contribution in [3.05, 3.63) is 54.1 Å². The number of nitrogens with zero attached hydrogens (tertiary/aromatic N) is 4. The summed E-state index contributed by atoms with van der Waals surface area (Å²) >= 11 is 1.28. The van der Waals surface area contributed by atoms with E-state index in [1.807, 2.05) is 18.2 Å². The van der Waals surface area contributed by atoms with Crippen LogP contribution in [0.5, 0.6) is 11.5 Å². The molecule has 0 saturated heterocycles. The summed E-state index contributed by atoms with van der Waals surface area (Å²) in [6, 6.07) is 9.07. The number of nitrogens with one attached hydrogen (secondary N) is 2. The standard InChI is InChI=1S/C19H18N6O4S/c1-20-19(27)13-8-25(10-22-13)16-4-5-18(24-23-16)30-9-17(26)21-7-12-2-3-14-15(6-12)29-11-28-14/h2-6,8,10H,7,9,11H2,1H3,(H,20,27)(H,21,26). The average Bonchev–Trinajstić information content (AvgIpc) is 3.45. The van der Waals surface area contributed by atoms with Gasteiger partial charge < -0.3 is 20.1 Å². The van der Waals surface area contributed by atoms with Crippen LogP contribution in [0.25, 0.3) is 5.82 Å². The minimum atomic E-state index is -0.277. The van der Waals surface area contributed by atoms with Gasteiger partial charge >= 0.3 is 0 Å². The number of hydrogen-bond acceptors (Lipinski definition) is 8. The van der Waals surface area contributed by atoms with Gasteiger partial charge in [-0.1, -0.05) is 17.8 Å². The SMILES string of the molecule is CNC(=O)c1cn(-c2ccc(SCC(=O)NCc3ccc4c(c3)OCO4)nn2)cn1. The lowest BCUT2D eigenvalue weighted by Crippen LogP contribution is -2.24. The molecular weight excluding hydrogens is 408 g/mol. The fourth-order valence-corrected chi connectivity index (χ4v) is 3.31. The predicted octanol–water partition coefficient (Wildman–Crippen LogP) is 1.16. The first-order valence-corrected chi connectivity index (χ1v) is 9.99. The summed E-state index contributed by atoms with van der Waals surface area (Å²) in [6.45, 7) is 0.618. The number of ether oxygens (including phenoxy) is 2. The van der Waals surface area contributed by atoms with Crippen molar-refractivity contribution in [3.63, 3.8) is 0 Å². The van der Waals surface area contributed by atoms with Gasteiger partial charge in [0.15, 0.2) is 17.3 Å². The number of carbonyl (C=O) groups is 2. The van der Waals surface area contributed by atoms with Crippen molar-refractivity contribution in [2.45, 2.75) is 11.6 Å². The highest BCUT2D eigenvalue weighted by Gasteiger charge is 2.14. The maximum atomic E-state index is 12.1. The fourth-order valence-electron chi connectivity index (χ4n) is 2.66. The lowest BCUT2D eigenvalue weighted by molar-refractivity contribution is -0.118. The Hall–Kier alpha value is -3.60. The van der Waals surface area contributed by atoms with Gasteiger partial charge in [-0.05, 0) is 29.8 Å². The van der Waals surface area contributed by atoms with Crippen molar-refractivity contribution in [2.24, 2.45) is 0 Å². The number of carbonyl (C=O) groups excluding carboxylic acids is 2. The third-order valence-electron chi connectivity index (χ3n) is 4.21. The first-order chi connectivity index (χ1) is 14.6. The minimum Gasteiger partial charge on any atom is -0.454 e. The summed E-state index contributed by atoms with van der Waals surface area (Å²) in [7, 11) is 1.54. The number of thioether (sulfide) groups is 1.